The lowest BCUT2D eigenvalue weighted by Gasteiger charge is -2.22. The predicted octanol–water partition coefficient (Wildman–Crippen LogP) is 2.15. The predicted molar refractivity (Wildman–Crippen MR) is 84.0 cm³/mol. The van der Waals surface area contributed by atoms with Gasteiger partial charge in [-0.1, -0.05) is 5.16 Å². The molecule has 126 valence electrons. The highest BCUT2D eigenvalue weighted by atomic mass is 16.5. The molecule has 2 aromatic rings. The summed E-state index contributed by atoms with van der Waals surface area (Å²) in [5, 5.41) is 8.38. The first kappa shape index (κ1) is 14.2. The second-order valence-electron chi connectivity index (χ2n) is 7.35. The first-order valence-electron chi connectivity index (χ1n) is 8.83. The maximum absolute atomic E-state index is 12.9. The molecule has 1 saturated heterocycles. The lowest BCUT2D eigenvalue weighted by Crippen LogP contribution is -2.32. The molecule has 0 N–H and O–H groups in total. The van der Waals surface area contributed by atoms with Gasteiger partial charge in [-0.3, -0.25) is 9.48 Å². The molecule has 3 aliphatic rings. The zero-order valence-electron chi connectivity index (χ0n) is 13.8. The molecule has 0 aromatic carbocycles. The van der Waals surface area contributed by atoms with E-state index in [2.05, 4.69) is 15.2 Å². The van der Waals surface area contributed by atoms with Crippen LogP contribution in [0.4, 0.5) is 0 Å². The molecule has 24 heavy (non-hydrogen) atoms. The smallest absolute Gasteiger partial charge is 0.229 e. The standard InChI is InChI=1S/C17H21N5O2/c1-21-9-11(8-18-21)12-7-13(12)17(23)22-6-2-3-14(22)15-19-16(24-20-15)10-4-5-10/h8-10,12-14H,2-7H2,1H3/t12-,13+,14+/m0/s1. The second-order valence-corrected chi connectivity index (χ2v) is 7.35. The number of hydrogen-bond acceptors (Lipinski definition) is 5. The zero-order valence-corrected chi connectivity index (χ0v) is 13.8. The molecule has 1 aliphatic heterocycles. The molecule has 3 atom stereocenters. The number of carbonyl (C=O) groups is 1. The van der Waals surface area contributed by atoms with Crippen LogP contribution in [0.15, 0.2) is 16.9 Å². The van der Waals surface area contributed by atoms with E-state index in [0.717, 1.165) is 44.5 Å². The van der Waals surface area contributed by atoms with E-state index >= 15 is 0 Å². The summed E-state index contributed by atoms with van der Waals surface area (Å²) in [7, 11) is 1.91. The van der Waals surface area contributed by atoms with E-state index in [4.69, 9.17) is 4.52 Å². The van der Waals surface area contributed by atoms with E-state index < -0.39 is 0 Å². The molecule has 0 radical (unpaired) electrons. The van der Waals surface area contributed by atoms with Crippen molar-refractivity contribution in [1.82, 2.24) is 24.8 Å². The summed E-state index contributed by atoms with van der Waals surface area (Å²) in [5.41, 5.74) is 1.17. The van der Waals surface area contributed by atoms with E-state index in [0.29, 0.717) is 17.7 Å². The van der Waals surface area contributed by atoms with Crippen LogP contribution < -0.4 is 0 Å². The Balaban J connectivity index is 1.31. The highest BCUT2D eigenvalue weighted by Gasteiger charge is 2.49. The van der Waals surface area contributed by atoms with Crippen LogP contribution in [0.5, 0.6) is 0 Å². The Hall–Kier alpha value is -2.18. The summed E-state index contributed by atoms with van der Waals surface area (Å²) in [6, 6.07) is -0.0103. The molecule has 2 aromatic heterocycles. The van der Waals surface area contributed by atoms with Gasteiger partial charge in [0.15, 0.2) is 5.82 Å². The van der Waals surface area contributed by atoms with E-state index in [1.807, 2.05) is 24.3 Å². The molecular formula is C17H21N5O2. The van der Waals surface area contributed by atoms with Crippen LogP contribution >= 0.6 is 0 Å². The number of rotatable bonds is 4. The quantitative estimate of drug-likeness (QED) is 0.860. The normalized spacial score (nSPS) is 29.2. The molecule has 7 heteroatoms. The number of hydrogen-bond donors (Lipinski definition) is 0. The Labute approximate surface area is 140 Å². The van der Waals surface area contributed by atoms with Gasteiger partial charge in [-0.15, -0.1) is 0 Å². The Morgan fingerprint density at radius 1 is 1.33 bits per heavy atom. The fraction of sp³-hybridized carbons (Fsp3) is 0.647. The topological polar surface area (TPSA) is 77.0 Å². The second kappa shape index (κ2) is 5.16. The Morgan fingerprint density at radius 2 is 2.21 bits per heavy atom. The molecule has 1 amide bonds. The Kier molecular flexibility index (Phi) is 3.05. The molecule has 0 bridgehead atoms. The monoisotopic (exact) mass is 327 g/mol. The van der Waals surface area contributed by atoms with Crippen molar-refractivity contribution in [3.63, 3.8) is 0 Å². The van der Waals surface area contributed by atoms with E-state index in [9.17, 15) is 4.79 Å². The summed E-state index contributed by atoms with van der Waals surface area (Å²) >= 11 is 0. The minimum Gasteiger partial charge on any atom is -0.339 e. The van der Waals surface area contributed by atoms with Gasteiger partial charge in [-0.2, -0.15) is 10.1 Å². The third kappa shape index (κ3) is 2.34. The van der Waals surface area contributed by atoms with Crippen LogP contribution in [0.1, 0.15) is 67.3 Å². The first-order valence-corrected chi connectivity index (χ1v) is 8.83. The van der Waals surface area contributed by atoms with E-state index in [1.54, 1.807) is 4.68 Å². The van der Waals surface area contributed by atoms with Crippen molar-refractivity contribution in [1.29, 1.82) is 0 Å². The van der Waals surface area contributed by atoms with Crippen LogP contribution in [-0.4, -0.2) is 37.3 Å². The van der Waals surface area contributed by atoms with Crippen LogP contribution in [0.2, 0.25) is 0 Å². The number of amides is 1. The van der Waals surface area contributed by atoms with Gasteiger partial charge in [0.05, 0.1) is 12.2 Å². The van der Waals surface area contributed by atoms with Gasteiger partial charge in [0, 0.05) is 31.6 Å². The molecule has 3 fully saturated rings. The van der Waals surface area contributed by atoms with Gasteiger partial charge >= 0.3 is 0 Å². The van der Waals surface area contributed by atoms with Crippen LogP contribution in [0, 0.1) is 5.92 Å². The SMILES string of the molecule is Cn1cc([C@@H]2C[C@H]2C(=O)N2CCC[C@@H]2c2noc(C3CC3)n2)cn1. The summed E-state index contributed by atoms with van der Waals surface area (Å²) in [6.45, 7) is 0.799. The van der Waals surface area contributed by atoms with Crippen molar-refractivity contribution < 1.29 is 9.32 Å². The van der Waals surface area contributed by atoms with Gasteiger partial charge in [0.1, 0.15) is 0 Å². The molecule has 3 heterocycles. The molecular weight excluding hydrogens is 306 g/mol. The largest absolute Gasteiger partial charge is 0.339 e. The maximum atomic E-state index is 12.9. The van der Waals surface area contributed by atoms with Gasteiger partial charge in [0.2, 0.25) is 11.8 Å². The highest BCUT2D eigenvalue weighted by Crippen LogP contribution is 2.50. The number of aromatic nitrogens is 4. The Bertz CT molecular complexity index is 778. The van der Waals surface area contributed by atoms with Crippen LogP contribution in [-0.2, 0) is 11.8 Å². The van der Waals surface area contributed by atoms with Crippen molar-refractivity contribution in [2.75, 3.05) is 6.54 Å². The minimum atomic E-state index is -0.0103. The lowest BCUT2D eigenvalue weighted by atomic mass is 10.1. The minimum absolute atomic E-state index is 0.0103. The van der Waals surface area contributed by atoms with Gasteiger partial charge in [0.25, 0.3) is 0 Å². The van der Waals surface area contributed by atoms with E-state index in [-0.39, 0.29) is 17.9 Å². The third-order valence-electron chi connectivity index (χ3n) is 5.48. The molecule has 0 spiro atoms. The van der Waals surface area contributed by atoms with Crippen molar-refractivity contribution in [3.8, 4) is 0 Å². The number of carbonyl (C=O) groups excluding carboxylic acids is 1. The molecule has 2 aliphatic carbocycles. The van der Waals surface area contributed by atoms with Crippen LogP contribution in [0.25, 0.3) is 0 Å². The fourth-order valence-electron chi connectivity index (χ4n) is 3.86. The Morgan fingerprint density at radius 3 is 2.96 bits per heavy atom. The van der Waals surface area contributed by atoms with Gasteiger partial charge in [-0.25, -0.2) is 0 Å². The average molecular weight is 327 g/mol. The number of likely N-dealkylation sites (tertiary alicyclic amines) is 1. The average Bonchev–Trinajstić information content (AvgIpc) is 3.42. The zero-order chi connectivity index (χ0) is 16.3. The molecule has 0 unspecified atom stereocenters. The van der Waals surface area contributed by atoms with Crippen molar-refractivity contribution in [3.05, 3.63) is 29.7 Å². The molecule has 7 nitrogen and oxygen atoms in total. The summed E-state index contributed by atoms with van der Waals surface area (Å²) < 4.78 is 7.19. The van der Waals surface area contributed by atoms with E-state index in [1.165, 1.54) is 5.56 Å². The summed E-state index contributed by atoms with van der Waals surface area (Å²) in [4.78, 5) is 19.5. The van der Waals surface area contributed by atoms with Gasteiger partial charge in [-0.05, 0) is 43.6 Å². The highest BCUT2D eigenvalue weighted by molar-refractivity contribution is 5.83. The van der Waals surface area contributed by atoms with Crippen molar-refractivity contribution in [2.45, 2.75) is 50.0 Å². The van der Waals surface area contributed by atoms with Crippen molar-refractivity contribution >= 4 is 5.91 Å². The fourth-order valence-corrected chi connectivity index (χ4v) is 3.86. The molecule has 2 saturated carbocycles. The number of nitrogens with zero attached hydrogens (tertiary/aromatic N) is 5. The number of aryl methyl sites for hydroxylation is 1. The summed E-state index contributed by atoms with van der Waals surface area (Å²) in [6.07, 6.45) is 9.04. The van der Waals surface area contributed by atoms with Gasteiger partial charge < -0.3 is 9.42 Å². The first-order chi connectivity index (χ1) is 11.7. The van der Waals surface area contributed by atoms with Crippen molar-refractivity contribution in [2.24, 2.45) is 13.0 Å². The third-order valence-corrected chi connectivity index (χ3v) is 5.48. The maximum Gasteiger partial charge on any atom is 0.229 e. The molecule has 5 rings (SSSR count). The summed E-state index contributed by atoms with van der Waals surface area (Å²) in [5.74, 6) is 2.55. The lowest BCUT2D eigenvalue weighted by molar-refractivity contribution is -0.133. The van der Waals surface area contributed by atoms with Crippen LogP contribution in [0.3, 0.4) is 0 Å².